The van der Waals surface area contributed by atoms with Crippen LogP contribution in [0.15, 0.2) is 24.3 Å². The van der Waals surface area contributed by atoms with Crippen LogP contribution >= 0.6 is 0 Å². The summed E-state index contributed by atoms with van der Waals surface area (Å²) >= 11 is 0. The highest BCUT2D eigenvalue weighted by molar-refractivity contribution is 5.95. The molecule has 0 saturated heterocycles. The third kappa shape index (κ3) is 3.81. The predicted octanol–water partition coefficient (Wildman–Crippen LogP) is 3.16. The summed E-state index contributed by atoms with van der Waals surface area (Å²) in [5.41, 5.74) is 1.47. The Kier molecular flexibility index (Phi) is 4.55. The molecule has 1 aliphatic rings. The van der Waals surface area contributed by atoms with Gasteiger partial charge in [0.25, 0.3) is 0 Å². The van der Waals surface area contributed by atoms with Crippen molar-refractivity contribution in [2.45, 2.75) is 39.0 Å². The van der Waals surface area contributed by atoms with E-state index < -0.39 is 0 Å². The molecule has 1 saturated carbocycles. The van der Waals surface area contributed by atoms with Crippen LogP contribution in [0.1, 0.15) is 39.0 Å². The summed E-state index contributed by atoms with van der Waals surface area (Å²) in [6, 6.07) is 7.29. The van der Waals surface area contributed by atoms with Gasteiger partial charge in [0.1, 0.15) is 0 Å². The molecule has 0 spiro atoms. The fourth-order valence-electron chi connectivity index (χ4n) is 2.04. The van der Waals surface area contributed by atoms with Gasteiger partial charge in [-0.1, -0.05) is 19.4 Å². The smallest absolute Gasteiger partial charge is 0.227 e. The Labute approximate surface area is 113 Å². The maximum absolute atomic E-state index is 11.8. The molecule has 0 bridgehead atoms. The topological polar surface area (TPSA) is 58.2 Å². The van der Waals surface area contributed by atoms with Gasteiger partial charge in [-0.2, -0.15) is 0 Å². The zero-order valence-corrected chi connectivity index (χ0v) is 11.2. The number of benzene rings is 1. The van der Waals surface area contributed by atoms with Crippen molar-refractivity contribution in [1.82, 2.24) is 0 Å². The lowest BCUT2D eigenvalue weighted by Gasteiger charge is -2.24. The minimum absolute atomic E-state index is 0.00460. The number of hydrogen-bond donors (Lipinski definition) is 2. The molecule has 1 aromatic rings. The van der Waals surface area contributed by atoms with Crippen molar-refractivity contribution in [2.24, 2.45) is 5.92 Å². The molecule has 102 valence electrons. The minimum atomic E-state index is 0.00460. The lowest BCUT2D eigenvalue weighted by Crippen LogP contribution is -2.28. The quantitative estimate of drug-likeness (QED) is 0.854. The van der Waals surface area contributed by atoms with Crippen LogP contribution in [0.2, 0.25) is 0 Å². The first kappa shape index (κ1) is 13.6. The Hall–Kier alpha value is -1.84. The van der Waals surface area contributed by atoms with E-state index >= 15 is 0 Å². The molecule has 4 nitrogen and oxygen atoms in total. The highest BCUT2D eigenvalue weighted by Gasteiger charge is 2.25. The van der Waals surface area contributed by atoms with Gasteiger partial charge >= 0.3 is 0 Å². The Morgan fingerprint density at radius 1 is 1.21 bits per heavy atom. The minimum Gasteiger partial charge on any atom is -0.326 e. The maximum Gasteiger partial charge on any atom is 0.227 e. The van der Waals surface area contributed by atoms with E-state index in [-0.39, 0.29) is 17.7 Å². The molecule has 2 N–H and O–H groups in total. The van der Waals surface area contributed by atoms with E-state index in [4.69, 9.17) is 0 Å². The van der Waals surface area contributed by atoms with Crippen molar-refractivity contribution in [3.8, 4) is 0 Å². The number of hydrogen-bond acceptors (Lipinski definition) is 2. The molecule has 0 unspecified atom stereocenters. The second-order valence-electron chi connectivity index (χ2n) is 5.00. The summed E-state index contributed by atoms with van der Waals surface area (Å²) in [4.78, 5) is 23.3. The van der Waals surface area contributed by atoms with Crippen LogP contribution in [-0.2, 0) is 9.59 Å². The van der Waals surface area contributed by atoms with Gasteiger partial charge in [-0.25, -0.2) is 0 Å². The first-order valence-electron chi connectivity index (χ1n) is 6.90. The number of anilines is 2. The lowest BCUT2D eigenvalue weighted by atomic mass is 9.85. The number of rotatable bonds is 5. The summed E-state index contributed by atoms with van der Waals surface area (Å²) in [7, 11) is 0. The van der Waals surface area contributed by atoms with E-state index in [0.29, 0.717) is 6.42 Å². The highest BCUT2D eigenvalue weighted by atomic mass is 16.2. The second kappa shape index (κ2) is 6.36. The Morgan fingerprint density at radius 2 is 1.89 bits per heavy atom. The Balaban J connectivity index is 1.94. The first-order valence-corrected chi connectivity index (χ1v) is 6.90. The summed E-state index contributed by atoms with van der Waals surface area (Å²) in [5, 5.41) is 5.72. The Bertz CT molecular complexity index is 467. The van der Waals surface area contributed by atoms with Crippen molar-refractivity contribution in [3.05, 3.63) is 24.3 Å². The number of carbonyl (C=O) groups is 2. The van der Waals surface area contributed by atoms with Gasteiger partial charge in [0.05, 0.1) is 0 Å². The van der Waals surface area contributed by atoms with Crippen LogP contribution in [0.5, 0.6) is 0 Å². The van der Waals surface area contributed by atoms with Gasteiger partial charge in [-0.05, 0) is 37.5 Å². The molecule has 2 rings (SSSR count). The monoisotopic (exact) mass is 260 g/mol. The van der Waals surface area contributed by atoms with Crippen molar-refractivity contribution in [2.75, 3.05) is 10.6 Å². The van der Waals surface area contributed by atoms with Crippen LogP contribution in [0.3, 0.4) is 0 Å². The summed E-state index contributed by atoms with van der Waals surface area (Å²) < 4.78 is 0. The van der Waals surface area contributed by atoms with E-state index in [1.54, 1.807) is 6.07 Å². The molecule has 0 aliphatic heterocycles. The molecule has 2 amide bonds. The molecule has 1 aromatic carbocycles. The van der Waals surface area contributed by atoms with Crippen molar-refractivity contribution in [3.63, 3.8) is 0 Å². The van der Waals surface area contributed by atoms with Gasteiger partial charge in [0.15, 0.2) is 0 Å². The van der Waals surface area contributed by atoms with E-state index in [9.17, 15) is 9.59 Å². The molecule has 0 aromatic heterocycles. The van der Waals surface area contributed by atoms with Gasteiger partial charge in [-0.3, -0.25) is 9.59 Å². The lowest BCUT2D eigenvalue weighted by molar-refractivity contribution is -0.122. The van der Waals surface area contributed by atoms with E-state index in [2.05, 4.69) is 10.6 Å². The molecular weight excluding hydrogens is 240 g/mol. The molecule has 0 atom stereocenters. The largest absolute Gasteiger partial charge is 0.326 e. The average molecular weight is 260 g/mol. The number of carbonyl (C=O) groups excluding carboxylic acids is 2. The van der Waals surface area contributed by atoms with E-state index in [0.717, 1.165) is 37.1 Å². The normalized spacial score (nSPS) is 14.6. The number of nitrogens with one attached hydrogen (secondary N) is 2. The molecule has 1 fully saturated rings. The zero-order chi connectivity index (χ0) is 13.7. The third-order valence-electron chi connectivity index (χ3n) is 3.37. The predicted molar refractivity (Wildman–Crippen MR) is 76.0 cm³/mol. The molecule has 0 radical (unpaired) electrons. The van der Waals surface area contributed by atoms with Crippen molar-refractivity contribution >= 4 is 23.2 Å². The average Bonchev–Trinajstić information content (AvgIpc) is 2.26. The molecular formula is C15H20N2O2. The maximum atomic E-state index is 11.8. The van der Waals surface area contributed by atoms with Crippen LogP contribution < -0.4 is 10.6 Å². The first-order chi connectivity index (χ1) is 9.19. The third-order valence-corrected chi connectivity index (χ3v) is 3.37. The second-order valence-corrected chi connectivity index (χ2v) is 5.00. The Morgan fingerprint density at radius 3 is 2.47 bits per heavy atom. The molecule has 0 heterocycles. The van der Waals surface area contributed by atoms with Gasteiger partial charge in [0, 0.05) is 23.7 Å². The highest BCUT2D eigenvalue weighted by Crippen LogP contribution is 2.28. The van der Waals surface area contributed by atoms with Crippen LogP contribution in [0.4, 0.5) is 11.4 Å². The SMILES string of the molecule is CCCC(=O)Nc1cccc(NC(=O)C2CCC2)c1. The molecule has 1 aliphatic carbocycles. The van der Waals surface area contributed by atoms with Gasteiger partial charge in [-0.15, -0.1) is 0 Å². The van der Waals surface area contributed by atoms with Gasteiger partial charge < -0.3 is 10.6 Å². The summed E-state index contributed by atoms with van der Waals surface area (Å²) in [5.74, 6) is 0.256. The van der Waals surface area contributed by atoms with Crippen LogP contribution in [-0.4, -0.2) is 11.8 Å². The fraction of sp³-hybridized carbons (Fsp3) is 0.467. The standard InChI is InChI=1S/C15H20N2O2/c1-2-5-14(18)16-12-8-4-9-13(10-12)17-15(19)11-6-3-7-11/h4,8-11H,2-3,5-7H2,1H3,(H,16,18)(H,17,19). The fourth-order valence-corrected chi connectivity index (χ4v) is 2.04. The van der Waals surface area contributed by atoms with Gasteiger partial charge in [0.2, 0.25) is 11.8 Å². The van der Waals surface area contributed by atoms with E-state index in [1.807, 2.05) is 25.1 Å². The van der Waals surface area contributed by atoms with Crippen molar-refractivity contribution < 1.29 is 9.59 Å². The summed E-state index contributed by atoms with van der Waals surface area (Å²) in [6.45, 7) is 1.97. The van der Waals surface area contributed by atoms with Crippen molar-refractivity contribution in [1.29, 1.82) is 0 Å². The van der Waals surface area contributed by atoms with E-state index in [1.165, 1.54) is 0 Å². The molecule has 4 heteroatoms. The van der Waals surface area contributed by atoms with Crippen LogP contribution in [0.25, 0.3) is 0 Å². The summed E-state index contributed by atoms with van der Waals surface area (Å²) in [6.07, 6.45) is 4.45. The molecule has 19 heavy (non-hydrogen) atoms. The zero-order valence-electron chi connectivity index (χ0n) is 11.2. The number of amides is 2. The van der Waals surface area contributed by atoms with Crippen LogP contribution in [0, 0.1) is 5.92 Å².